The second-order valence-corrected chi connectivity index (χ2v) is 9.53. The van der Waals surface area contributed by atoms with Gasteiger partial charge in [-0.3, -0.25) is 34.8 Å². The van der Waals surface area contributed by atoms with Gasteiger partial charge < -0.3 is 4.74 Å². The Bertz CT molecular complexity index is 1260. The topological polar surface area (TPSA) is 132 Å². The SMILES string of the molecule is Cc1cc(Cl)cc2sc(N(CCCN3CCOCC3)C(=O)c3cc([N+](=O)[O-])cc([N+](=O)[O-])c3)nc12. The molecule has 184 valence electrons. The van der Waals surface area contributed by atoms with Crippen LogP contribution in [0.25, 0.3) is 10.2 Å². The lowest BCUT2D eigenvalue weighted by molar-refractivity contribution is -0.394. The lowest BCUT2D eigenvalue weighted by Gasteiger charge is -2.27. The monoisotopic (exact) mass is 519 g/mol. The number of fused-ring (bicyclic) bond motifs is 1. The highest BCUT2D eigenvalue weighted by Gasteiger charge is 2.26. The van der Waals surface area contributed by atoms with E-state index in [0.29, 0.717) is 35.3 Å². The highest BCUT2D eigenvalue weighted by molar-refractivity contribution is 7.22. The molecule has 13 heteroatoms. The molecule has 0 saturated carbocycles. The molecule has 2 heterocycles. The second-order valence-electron chi connectivity index (χ2n) is 8.08. The number of nitrogens with zero attached hydrogens (tertiary/aromatic N) is 5. The Hall–Kier alpha value is -3.19. The van der Waals surface area contributed by atoms with Crippen molar-refractivity contribution in [2.45, 2.75) is 13.3 Å². The number of rotatable bonds is 8. The van der Waals surface area contributed by atoms with Crippen LogP contribution in [-0.2, 0) is 4.74 Å². The molecule has 1 aromatic heterocycles. The third kappa shape index (κ3) is 5.73. The van der Waals surface area contributed by atoms with Crippen LogP contribution in [0.1, 0.15) is 22.3 Å². The summed E-state index contributed by atoms with van der Waals surface area (Å²) in [7, 11) is 0. The van der Waals surface area contributed by atoms with Crippen LogP contribution >= 0.6 is 22.9 Å². The number of hydrogen-bond donors (Lipinski definition) is 0. The fraction of sp³-hybridized carbons (Fsp3) is 0.364. The van der Waals surface area contributed by atoms with Gasteiger partial charge in [-0.15, -0.1) is 0 Å². The summed E-state index contributed by atoms with van der Waals surface area (Å²) in [4.78, 5) is 43.1. The number of nitro groups is 2. The fourth-order valence-corrected chi connectivity index (χ4v) is 5.35. The maximum atomic E-state index is 13.6. The molecule has 3 aromatic rings. The molecule has 0 N–H and O–H groups in total. The molecule has 0 spiro atoms. The summed E-state index contributed by atoms with van der Waals surface area (Å²) >= 11 is 7.46. The van der Waals surface area contributed by atoms with Gasteiger partial charge in [0.1, 0.15) is 0 Å². The summed E-state index contributed by atoms with van der Waals surface area (Å²) < 4.78 is 6.17. The average molecular weight is 520 g/mol. The van der Waals surface area contributed by atoms with Gasteiger partial charge in [0, 0.05) is 43.3 Å². The first kappa shape index (κ1) is 24.9. The molecular weight excluding hydrogens is 498 g/mol. The molecule has 11 nitrogen and oxygen atoms in total. The lowest BCUT2D eigenvalue weighted by Crippen LogP contribution is -2.39. The number of ether oxygens (including phenoxy) is 1. The van der Waals surface area contributed by atoms with E-state index in [2.05, 4.69) is 9.88 Å². The van der Waals surface area contributed by atoms with Gasteiger partial charge in [0.15, 0.2) is 5.13 Å². The minimum Gasteiger partial charge on any atom is -0.379 e. The van der Waals surface area contributed by atoms with E-state index in [1.165, 1.54) is 16.2 Å². The van der Waals surface area contributed by atoms with Crippen LogP contribution in [0.15, 0.2) is 30.3 Å². The Balaban J connectivity index is 1.69. The number of halogens is 1. The normalized spacial score (nSPS) is 14.2. The number of anilines is 1. The first-order valence-corrected chi connectivity index (χ1v) is 12.0. The Labute approximate surface area is 209 Å². The number of carbonyl (C=O) groups excluding carboxylic acids is 1. The predicted octanol–water partition coefficient (Wildman–Crippen LogP) is 4.44. The summed E-state index contributed by atoms with van der Waals surface area (Å²) in [6.45, 7) is 5.76. The maximum absolute atomic E-state index is 13.6. The smallest absolute Gasteiger partial charge is 0.277 e. The van der Waals surface area contributed by atoms with Crippen LogP contribution in [-0.4, -0.2) is 65.0 Å². The number of morpholine rings is 1. The van der Waals surface area contributed by atoms with Gasteiger partial charge in [0.25, 0.3) is 17.3 Å². The van der Waals surface area contributed by atoms with Crippen LogP contribution in [0.5, 0.6) is 0 Å². The molecule has 1 aliphatic rings. The van der Waals surface area contributed by atoms with Crippen molar-refractivity contribution < 1.29 is 19.4 Å². The number of aromatic nitrogens is 1. The van der Waals surface area contributed by atoms with Gasteiger partial charge in [-0.1, -0.05) is 22.9 Å². The molecule has 0 bridgehead atoms. The van der Waals surface area contributed by atoms with Crippen LogP contribution < -0.4 is 4.90 Å². The van der Waals surface area contributed by atoms with Crippen molar-refractivity contribution in [3.8, 4) is 0 Å². The number of amides is 1. The number of hydrogen-bond acceptors (Lipinski definition) is 9. The molecule has 0 unspecified atom stereocenters. The van der Waals surface area contributed by atoms with Crippen LogP contribution in [0.4, 0.5) is 16.5 Å². The van der Waals surface area contributed by atoms with Crippen LogP contribution in [0, 0.1) is 27.2 Å². The minimum absolute atomic E-state index is 0.147. The predicted molar refractivity (Wildman–Crippen MR) is 133 cm³/mol. The maximum Gasteiger partial charge on any atom is 0.277 e. The van der Waals surface area contributed by atoms with Crippen molar-refractivity contribution >= 4 is 55.6 Å². The van der Waals surface area contributed by atoms with E-state index in [-0.39, 0.29) is 12.1 Å². The molecule has 4 rings (SSSR count). The third-order valence-electron chi connectivity index (χ3n) is 5.65. The summed E-state index contributed by atoms with van der Waals surface area (Å²) in [6, 6.07) is 6.49. The zero-order chi connectivity index (χ0) is 25.1. The molecule has 1 aliphatic heterocycles. The van der Waals surface area contributed by atoms with E-state index in [9.17, 15) is 25.0 Å². The number of benzene rings is 2. The molecule has 1 fully saturated rings. The van der Waals surface area contributed by atoms with Crippen LogP contribution in [0.3, 0.4) is 0 Å². The first-order chi connectivity index (χ1) is 16.7. The van der Waals surface area contributed by atoms with Gasteiger partial charge in [-0.05, 0) is 31.0 Å². The molecule has 1 amide bonds. The molecule has 35 heavy (non-hydrogen) atoms. The number of nitro benzene ring substituents is 2. The van der Waals surface area contributed by atoms with Crippen molar-refractivity contribution in [2.24, 2.45) is 0 Å². The number of aryl methyl sites for hydroxylation is 1. The van der Waals surface area contributed by atoms with E-state index in [1.54, 1.807) is 12.1 Å². The highest BCUT2D eigenvalue weighted by atomic mass is 35.5. The molecule has 0 radical (unpaired) electrons. The number of thiazole rings is 1. The fourth-order valence-electron chi connectivity index (χ4n) is 3.90. The van der Waals surface area contributed by atoms with E-state index < -0.39 is 27.1 Å². The van der Waals surface area contributed by atoms with Gasteiger partial charge in [0.2, 0.25) is 0 Å². The lowest BCUT2D eigenvalue weighted by atomic mass is 10.1. The summed E-state index contributed by atoms with van der Waals surface area (Å²) in [6.07, 6.45) is 0.610. The molecular formula is C22H22ClN5O6S. The van der Waals surface area contributed by atoms with Crippen molar-refractivity contribution in [1.29, 1.82) is 0 Å². The zero-order valence-electron chi connectivity index (χ0n) is 18.8. The minimum atomic E-state index is -0.754. The summed E-state index contributed by atoms with van der Waals surface area (Å²) in [5.41, 5.74) is 0.351. The Kier molecular flexibility index (Phi) is 7.55. The zero-order valence-corrected chi connectivity index (χ0v) is 20.4. The average Bonchev–Trinajstić information content (AvgIpc) is 3.25. The van der Waals surface area contributed by atoms with Crippen molar-refractivity contribution in [3.63, 3.8) is 0 Å². The van der Waals surface area contributed by atoms with E-state index in [4.69, 9.17) is 16.3 Å². The van der Waals surface area contributed by atoms with Gasteiger partial charge in [0.05, 0.1) is 44.9 Å². The van der Waals surface area contributed by atoms with Crippen molar-refractivity contribution in [2.75, 3.05) is 44.3 Å². The second kappa shape index (κ2) is 10.6. The van der Waals surface area contributed by atoms with Gasteiger partial charge in [-0.25, -0.2) is 4.98 Å². The molecule has 0 aliphatic carbocycles. The molecule has 1 saturated heterocycles. The highest BCUT2D eigenvalue weighted by Crippen LogP contribution is 2.34. The van der Waals surface area contributed by atoms with Crippen LogP contribution in [0.2, 0.25) is 5.02 Å². The summed E-state index contributed by atoms with van der Waals surface area (Å²) in [5.74, 6) is -0.596. The van der Waals surface area contributed by atoms with E-state index >= 15 is 0 Å². The number of carbonyl (C=O) groups is 1. The van der Waals surface area contributed by atoms with Gasteiger partial charge >= 0.3 is 0 Å². The Morgan fingerprint density at radius 3 is 2.43 bits per heavy atom. The Morgan fingerprint density at radius 1 is 1.14 bits per heavy atom. The first-order valence-electron chi connectivity index (χ1n) is 10.9. The molecule has 2 aromatic carbocycles. The van der Waals surface area contributed by atoms with E-state index in [1.807, 2.05) is 6.92 Å². The van der Waals surface area contributed by atoms with Crippen molar-refractivity contribution in [1.82, 2.24) is 9.88 Å². The summed E-state index contributed by atoms with van der Waals surface area (Å²) in [5, 5.41) is 23.6. The quantitative estimate of drug-likeness (QED) is 0.315. The standard InChI is InChI=1S/C22H22ClN5O6S/c1-14-9-16(23)12-19-20(14)24-22(35-19)26(4-2-3-25-5-7-34-8-6-25)21(29)15-10-17(27(30)31)13-18(11-15)28(32)33/h9-13H,2-8H2,1H3. The molecule has 0 atom stereocenters. The number of non-ortho nitro benzene ring substituents is 2. The Morgan fingerprint density at radius 2 is 1.80 bits per heavy atom. The van der Waals surface area contributed by atoms with E-state index in [0.717, 1.165) is 48.1 Å². The third-order valence-corrected chi connectivity index (χ3v) is 6.89. The van der Waals surface area contributed by atoms with Gasteiger partial charge in [-0.2, -0.15) is 0 Å². The van der Waals surface area contributed by atoms with Crippen molar-refractivity contribution in [3.05, 3.63) is 66.7 Å². The largest absolute Gasteiger partial charge is 0.379 e.